The number of aromatic hydroxyl groups is 1. The number of hydrogen-bond donors (Lipinski definition) is 2. The first-order chi connectivity index (χ1) is 12.3. The molecule has 2 N–H and O–H groups in total. The van der Waals surface area contributed by atoms with Crippen molar-refractivity contribution in [2.45, 2.75) is 0 Å². The first kappa shape index (κ1) is 13.9. The van der Waals surface area contributed by atoms with Crippen molar-refractivity contribution in [3.63, 3.8) is 0 Å². The van der Waals surface area contributed by atoms with E-state index in [2.05, 4.69) is 16.0 Å². The molecule has 3 heterocycles. The summed E-state index contributed by atoms with van der Waals surface area (Å²) in [6, 6.07) is 19.2. The van der Waals surface area contributed by atoms with Crippen LogP contribution in [0.3, 0.4) is 0 Å². The lowest BCUT2D eigenvalue weighted by atomic mass is 10.0. The molecule has 4 nitrogen and oxygen atoms in total. The minimum atomic E-state index is 0.240. The van der Waals surface area contributed by atoms with Gasteiger partial charge in [-0.05, 0) is 35.9 Å². The summed E-state index contributed by atoms with van der Waals surface area (Å²) in [6.45, 7) is 0. The number of para-hydroxylation sites is 1. The van der Waals surface area contributed by atoms with E-state index in [1.165, 1.54) is 0 Å². The average Bonchev–Trinajstić information content (AvgIpc) is 3.24. The molecule has 0 unspecified atom stereocenters. The predicted octanol–water partition coefficient (Wildman–Crippen LogP) is 5.35. The number of benzene rings is 2. The van der Waals surface area contributed by atoms with Crippen LogP contribution in [0.25, 0.3) is 44.5 Å². The second-order valence-electron chi connectivity index (χ2n) is 6.02. The third kappa shape index (κ3) is 2.27. The van der Waals surface area contributed by atoms with Gasteiger partial charge in [-0.25, -0.2) is 4.98 Å². The van der Waals surface area contributed by atoms with Crippen molar-refractivity contribution >= 4 is 22.0 Å². The molecule has 4 heteroatoms. The fourth-order valence-electron chi connectivity index (χ4n) is 3.17. The summed E-state index contributed by atoms with van der Waals surface area (Å²) >= 11 is 0. The molecule has 0 radical (unpaired) electrons. The molecule has 25 heavy (non-hydrogen) atoms. The Morgan fingerprint density at radius 2 is 1.84 bits per heavy atom. The third-order valence-electron chi connectivity index (χ3n) is 4.40. The Morgan fingerprint density at radius 3 is 2.72 bits per heavy atom. The minimum Gasteiger partial charge on any atom is -0.508 e. The molecule has 5 rings (SSSR count). The highest BCUT2D eigenvalue weighted by Gasteiger charge is 2.13. The van der Waals surface area contributed by atoms with E-state index in [0.29, 0.717) is 0 Å². The molecule has 3 aromatic heterocycles. The Morgan fingerprint density at radius 1 is 0.920 bits per heavy atom. The molecule has 0 bridgehead atoms. The Bertz CT molecular complexity index is 1180. The molecular formula is C21H14N2O2. The molecule has 120 valence electrons. The number of hydrogen-bond acceptors (Lipinski definition) is 3. The summed E-state index contributed by atoms with van der Waals surface area (Å²) in [5.74, 6) is 1.05. The highest BCUT2D eigenvalue weighted by Crippen LogP contribution is 2.34. The normalized spacial score (nSPS) is 11.4. The van der Waals surface area contributed by atoms with Gasteiger partial charge in [-0.1, -0.05) is 30.3 Å². The van der Waals surface area contributed by atoms with Gasteiger partial charge in [0.2, 0.25) is 0 Å². The smallest absolute Gasteiger partial charge is 0.138 e. The molecule has 0 fully saturated rings. The van der Waals surface area contributed by atoms with Gasteiger partial charge >= 0.3 is 0 Å². The first-order valence-electron chi connectivity index (χ1n) is 8.03. The van der Waals surface area contributed by atoms with E-state index in [1.54, 1.807) is 18.3 Å². The SMILES string of the molecule is Oc1cccc(-c2cnc3[nH]cc(-c4cc5ccccc5o4)c3c2)c1. The van der Waals surface area contributed by atoms with Gasteiger partial charge in [-0.15, -0.1) is 0 Å². The summed E-state index contributed by atoms with van der Waals surface area (Å²) in [6.07, 6.45) is 3.72. The molecule has 0 saturated carbocycles. The Labute approximate surface area is 143 Å². The van der Waals surface area contributed by atoms with Gasteiger partial charge < -0.3 is 14.5 Å². The quantitative estimate of drug-likeness (QED) is 0.460. The van der Waals surface area contributed by atoms with E-state index < -0.39 is 0 Å². The molecule has 0 atom stereocenters. The number of aromatic amines is 1. The van der Waals surface area contributed by atoms with Crippen LogP contribution < -0.4 is 0 Å². The van der Waals surface area contributed by atoms with Crippen LogP contribution in [0.5, 0.6) is 5.75 Å². The minimum absolute atomic E-state index is 0.240. The monoisotopic (exact) mass is 326 g/mol. The van der Waals surface area contributed by atoms with Gasteiger partial charge in [0, 0.05) is 34.3 Å². The van der Waals surface area contributed by atoms with Gasteiger partial charge in [0.15, 0.2) is 0 Å². The van der Waals surface area contributed by atoms with Gasteiger partial charge in [0.05, 0.1) is 0 Å². The van der Waals surface area contributed by atoms with Gasteiger partial charge in [-0.3, -0.25) is 0 Å². The van der Waals surface area contributed by atoms with E-state index in [-0.39, 0.29) is 5.75 Å². The van der Waals surface area contributed by atoms with Crippen molar-refractivity contribution in [2.75, 3.05) is 0 Å². The molecule has 0 spiro atoms. The number of furan rings is 1. The molecular weight excluding hydrogens is 312 g/mol. The fourth-order valence-corrected chi connectivity index (χ4v) is 3.17. The van der Waals surface area contributed by atoms with E-state index in [4.69, 9.17) is 4.42 Å². The van der Waals surface area contributed by atoms with Crippen LogP contribution in [-0.4, -0.2) is 15.1 Å². The van der Waals surface area contributed by atoms with Crippen LogP contribution >= 0.6 is 0 Å². The number of fused-ring (bicyclic) bond motifs is 2. The average molecular weight is 326 g/mol. The van der Waals surface area contributed by atoms with Crippen molar-refractivity contribution in [3.8, 4) is 28.2 Å². The maximum absolute atomic E-state index is 9.72. The first-order valence-corrected chi connectivity index (χ1v) is 8.03. The second kappa shape index (κ2) is 5.24. The number of pyridine rings is 1. The second-order valence-corrected chi connectivity index (χ2v) is 6.02. The Balaban J connectivity index is 1.70. The van der Waals surface area contributed by atoms with Crippen LogP contribution in [0.15, 0.2) is 77.5 Å². The number of phenols is 1. The topological polar surface area (TPSA) is 62.1 Å². The molecule has 0 aliphatic heterocycles. The summed E-state index contributed by atoms with van der Waals surface area (Å²) < 4.78 is 6.00. The Hall–Kier alpha value is -3.53. The number of nitrogens with one attached hydrogen (secondary N) is 1. The lowest BCUT2D eigenvalue weighted by molar-refractivity contribution is 0.475. The van der Waals surface area contributed by atoms with Crippen LogP contribution in [0.4, 0.5) is 0 Å². The van der Waals surface area contributed by atoms with E-state index in [1.807, 2.05) is 48.7 Å². The van der Waals surface area contributed by atoms with Gasteiger partial charge in [0.25, 0.3) is 0 Å². The lowest BCUT2D eigenvalue weighted by Crippen LogP contribution is -1.82. The predicted molar refractivity (Wildman–Crippen MR) is 98.4 cm³/mol. The Kier molecular flexibility index (Phi) is 2.91. The van der Waals surface area contributed by atoms with Crippen LogP contribution in [0.2, 0.25) is 0 Å². The number of H-pyrrole nitrogens is 1. The third-order valence-corrected chi connectivity index (χ3v) is 4.40. The zero-order chi connectivity index (χ0) is 16.8. The molecule has 0 saturated heterocycles. The van der Waals surface area contributed by atoms with E-state index >= 15 is 0 Å². The number of aromatic nitrogens is 2. The van der Waals surface area contributed by atoms with Crippen LogP contribution in [0, 0.1) is 0 Å². The van der Waals surface area contributed by atoms with E-state index in [0.717, 1.165) is 44.5 Å². The highest BCUT2D eigenvalue weighted by atomic mass is 16.3. The fraction of sp³-hybridized carbons (Fsp3) is 0. The maximum Gasteiger partial charge on any atom is 0.138 e. The van der Waals surface area contributed by atoms with E-state index in [9.17, 15) is 5.11 Å². The van der Waals surface area contributed by atoms with Crippen molar-refractivity contribution in [1.29, 1.82) is 0 Å². The standard InChI is InChI=1S/C21H14N2O2/c24-16-6-3-5-13(8-16)15-9-17-18(12-23-21(17)22-11-15)20-10-14-4-1-2-7-19(14)25-20/h1-12,24H,(H,22,23). The van der Waals surface area contributed by atoms with Crippen molar-refractivity contribution in [2.24, 2.45) is 0 Å². The lowest BCUT2D eigenvalue weighted by Gasteiger charge is -2.03. The number of phenolic OH excluding ortho intramolecular Hbond substituents is 1. The van der Waals surface area contributed by atoms with Gasteiger partial charge in [0.1, 0.15) is 22.7 Å². The largest absolute Gasteiger partial charge is 0.508 e. The van der Waals surface area contributed by atoms with Crippen molar-refractivity contribution in [1.82, 2.24) is 9.97 Å². The summed E-state index contributed by atoms with van der Waals surface area (Å²) in [4.78, 5) is 7.71. The number of rotatable bonds is 2. The molecule has 5 aromatic rings. The summed E-state index contributed by atoms with van der Waals surface area (Å²) in [7, 11) is 0. The molecule has 2 aromatic carbocycles. The zero-order valence-corrected chi connectivity index (χ0v) is 13.2. The van der Waals surface area contributed by atoms with Crippen LogP contribution in [0.1, 0.15) is 0 Å². The maximum atomic E-state index is 9.72. The van der Waals surface area contributed by atoms with Gasteiger partial charge in [-0.2, -0.15) is 0 Å². The summed E-state index contributed by atoms with van der Waals surface area (Å²) in [5, 5.41) is 11.8. The van der Waals surface area contributed by atoms with Crippen molar-refractivity contribution in [3.05, 3.63) is 73.1 Å². The number of nitrogens with zero attached hydrogens (tertiary/aromatic N) is 1. The highest BCUT2D eigenvalue weighted by molar-refractivity contribution is 5.96. The molecule has 0 aliphatic carbocycles. The molecule has 0 amide bonds. The zero-order valence-electron chi connectivity index (χ0n) is 13.2. The summed E-state index contributed by atoms with van der Waals surface area (Å²) in [5.41, 5.74) is 4.51. The molecule has 0 aliphatic rings. The van der Waals surface area contributed by atoms with Crippen LogP contribution in [-0.2, 0) is 0 Å². The van der Waals surface area contributed by atoms with Crippen molar-refractivity contribution < 1.29 is 9.52 Å².